The summed E-state index contributed by atoms with van der Waals surface area (Å²) in [5, 5.41) is 20.7. The van der Waals surface area contributed by atoms with Crippen LogP contribution in [0.2, 0.25) is 0 Å². The van der Waals surface area contributed by atoms with Crippen LogP contribution < -0.4 is 0 Å². The minimum Gasteiger partial charge on any atom is -0.466 e. The molecule has 1 fully saturated rings. The predicted molar refractivity (Wildman–Crippen MR) is 121 cm³/mol. The Morgan fingerprint density at radius 3 is 2.52 bits per heavy atom. The van der Waals surface area contributed by atoms with E-state index in [9.17, 15) is 19.8 Å². The number of ketones is 1. The van der Waals surface area contributed by atoms with Gasteiger partial charge in [0.1, 0.15) is 5.78 Å². The number of aliphatic hydroxyl groups is 2. The number of esters is 1. The lowest BCUT2D eigenvalue weighted by molar-refractivity contribution is -0.143. The first-order valence-electron chi connectivity index (χ1n) is 11.7. The summed E-state index contributed by atoms with van der Waals surface area (Å²) >= 11 is 0. The fraction of sp³-hybridized carbons (Fsp3) is 0.615. The highest BCUT2D eigenvalue weighted by Crippen LogP contribution is 2.38. The van der Waals surface area contributed by atoms with Crippen LogP contribution in [0.1, 0.15) is 70.3 Å². The third-order valence-electron chi connectivity index (χ3n) is 6.11. The predicted octanol–water partition coefficient (Wildman–Crippen LogP) is 4.40. The van der Waals surface area contributed by atoms with Gasteiger partial charge in [-0.15, -0.1) is 0 Å². The van der Waals surface area contributed by atoms with Gasteiger partial charge in [0.05, 0.1) is 18.8 Å². The summed E-state index contributed by atoms with van der Waals surface area (Å²) in [6.45, 7) is 2.45. The van der Waals surface area contributed by atoms with E-state index in [4.69, 9.17) is 4.74 Å². The molecule has 1 aliphatic carbocycles. The van der Waals surface area contributed by atoms with Crippen LogP contribution in [0.15, 0.2) is 42.5 Å². The molecule has 2 rings (SSSR count). The fourth-order valence-electron chi connectivity index (χ4n) is 4.31. The van der Waals surface area contributed by atoms with Gasteiger partial charge >= 0.3 is 5.97 Å². The Morgan fingerprint density at radius 2 is 1.77 bits per heavy atom. The quantitative estimate of drug-likeness (QED) is 0.260. The van der Waals surface area contributed by atoms with Crippen LogP contribution in [-0.4, -0.2) is 40.8 Å². The molecule has 0 amide bonds. The van der Waals surface area contributed by atoms with E-state index in [1.54, 1.807) is 0 Å². The number of allylic oxidation sites excluding steroid dienone is 2. The van der Waals surface area contributed by atoms with Gasteiger partial charge in [-0.3, -0.25) is 9.59 Å². The van der Waals surface area contributed by atoms with E-state index in [1.807, 2.05) is 49.4 Å². The highest BCUT2D eigenvalue weighted by atomic mass is 16.5. The van der Waals surface area contributed by atoms with Crippen LogP contribution >= 0.6 is 0 Å². The highest BCUT2D eigenvalue weighted by Gasteiger charge is 2.40. The van der Waals surface area contributed by atoms with Gasteiger partial charge in [-0.25, -0.2) is 0 Å². The van der Waals surface area contributed by atoms with Crippen LogP contribution in [0.4, 0.5) is 0 Å². The van der Waals surface area contributed by atoms with Crippen molar-refractivity contribution in [2.24, 2.45) is 11.8 Å². The largest absolute Gasteiger partial charge is 0.466 e. The molecule has 0 aliphatic heterocycles. The maximum atomic E-state index is 12.3. The summed E-state index contributed by atoms with van der Waals surface area (Å²) < 4.78 is 5.06. The van der Waals surface area contributed by atoms with Crippen LogP contribution in [0.5, 0.6) is 0 Å². The van der Waals surface area contributed by atoms with E-state index in [0.717, 1.165) is 31.2 Å². The fourth-order valence-corrected chi connectivity index (χ4v) is 4.31. The molecule has 0 bridgehead atoms. The zero-order valence-corrected chi connectivity index (χ0v) is 18.7. The number of hydrogen-bond acceptors (Lipinski definition) is 5. The van der Waals surface area contributed by atoms with Crippen molar-refractivity contribution in [3.63, 3.8) is 0 Å². The number of aliphatic hydroxyl groups excluding tert-OH is 2. The van der Waals surface area contributed by atoms with Crippen molar-refractivity contribution in [3.05, 3.63) is 48.0 Å². The third-order valence-corrected chi connectivity index (χ3v) is 6.11. The van der Waals surface area contributed by atoms with Gasteiger partial charge in [0.15, 0.2) is 0 Å². The summed E-state index contributed by atoms with van der Waals surface area (Å²) in [5.74, 6) is -0.0182. The molecule has 1 aromatic rings. The first kappa shape index (κ1) is 25.3. The molecule has 31 heavy (non-hydrogen) atoms. The Labute approximate surface area is 186 Å². The molecule has 1 saturated carbocycles. The number of ether oxygens (including phenoxy) is 1. The number of aryl methyl sites for hydroxylation is 1. The molecular formula is C26H38O5. The summed E-state index contributed by atoms with van der Waals surface area (Å²) in [6.07, 6.45) is 9.15. The molecule has 0 spiro atoms. The Bertz CT molecular complexity index is 684. The maximum Gasteiger partial charge on any atom is 0.305 e. The van der Waals surface area contributed by atoms with Gasteiger partial charge in [-0.1, -0.05) is 49.4 Å². The molecule has 5 heteroatoms. The van der Waals surface area contributed by atoms with E-state index in [-0.39, 0.29) is 23.6 Å². The molecule has 0 heterocycles. The van der Waals surface area contributed by atoms with Crippen LogP contribution in [0.25, 0.3) is 0 Å². The van der Waals surface area contributed by atoms with Gasteiger partial charge < -0.3 is 14.9 Å². The van der Waals surface area contributed by atoms with Crippen LogP contribution in [0, 0.1) is 11.8 Å². The zero-order chi connectivity index (χ0) is 22.5. The Kier molecular flexibility index (Phi) is 11.5. The van der Waals surface area contributed by atoms with Crippen molar-refractivity contribution >= 4 is 11.8 Å². The van der Waals surface area contributed by atoms with Crippen molar-refractivity contribution in [1.29, 1.82) is 0 Å². The molecule has 1 aliphatic rings. The SMILES string of the molecule is CCCOC(=O)CCC/C=C\C[C@@H]1[C@@H](CCC(=O)CCc2ccccc2)[C@H](O)C[C@@H]1O. The molecule has 0 radical (unpaired) electrons. The number of hydrogen-bond donors (Lipinski definition) is 2. The van der Waals surface area contributed by atoms with Crippen molar-refractivity contribution in [2.75, 3.05) is 6.61 Å². The number of benzene rings is 1. The van der Waals surface area contributed by atoms with Crippen molar-refractivity contribution in [1.82, 2.24) is 0 Å². The van der Waals surface area contributed by atoms with Gasteiger partial charge in [0.25, 0.3) is 0 Å². The van der Waals surface area contributed by atoms with Crippen LogP contribution in [-0.2, 0) is 20.7 Å². The highest BCUT2D eigenvalue weighted by molar-refractivity contribution is 5.78. The smallest absolute Gasteiger partial charge is 0.305 e. The first-order valence-corrected chi connectivity index (χ1v) is 11.7. The van der Waals surface area contributed by atoms with Crippen molar-refractivity contribution in [2.45, 2.75) is 83.3 Å². The summed E-state index contributed by atoms with van der Waals surface area (Å²) in [7, 11) is 0. The lowest BCUT2D eigenvalue weighted by Crippen LogP contribution is -2.22. The molecule has 4 atom stereocenters. The molecule has 0 aromatic heterocycles. The summed E-state index contributed by atoms with van der Waals surface area (Å²) in [4.78, 5) is 23.8. The lowest BCUT2D eigenvalue weighted by atomic mass is 9.86. The molecule has 1 aromatic carbocycles. The first-order chi connectivity index (χ1) is 15.0. The van der Waals surface area contributed by atoms with E-state index in [2.05, 4.69) is 0 Å². The van der Waals surface area contributed by atoms with E-state index >= 15 is 0 Å². The Balaban J connectivity index is 1.70. The number of unbranched alkanes of at least 4 members (excludes halogenated alkanes) is 1. The van der Waals surface area contributed by atoms with Gasteiger partial charge in [0, 0.05) is 19.3 Å². The molecule has 2 N–H and O–H groups in total. The molecule has 0 unspecified atom stereocenters. The van der Waals surface area contributed by atoms with E-state index in [1.165, 1.54) is 0 Å². The normalized spacial score (nSPS) is 23.3. The topological polar surface area (TPSA) is 83.8 Å². The molecular weight excluding hydrogens is 392 g/mol. The minimum atomic E-state index is -0.552. The van der Waals surface area contributed by atoms with Crippen LogP contribution in [0.3, 0.4) is 0 Å². The minimum absolute atomic E-state index is 0.0253. The third kappa shape index (κ3) is 9.36. The Morgan fingerprint density at radius 1 is 1.03 bits per heavy atom. The molecule has 172 valence electrons. The van der Waals surface area contributed by atoms with E-state index in [0.29, 0.717) is 45.1 Å². The van der Waals surface area contributed by atoms with Crippen molar-refractivity contribution < 1.29 is 24.5 Å². The summed E-state index contributed by atoms with van der Waals surface area (Å²) in [5.41, 5.74) is 1.16. The monoisotopic (exact) mass is 430 g/mol. The van der Waals surface area contributed by atoms with Crippen molar-refractivity contribution in [3.8, 4) is 0 Å². The maximum absolute atomic E-state index is 12.3. The van der Waals surface area contributed by atoms with Gasteiger partial charge in [-0.2, -0.15) is 0 Å². The number of Topliss-reactive ketones (excluding diaryl/α,β-unsaturated/α-hetero) is 1. The molecule has 0 saturated heterocycles. The van der Waals surface area contributed by atoms with Gasteiger partial charge in [0.2, 0.25) is 0 Å². The second-order valence-corrected chi connectivity index (χ2v) is 8.58. The van der Waals surface area contributed by atoms with E-state index < -0.39 is 12.2 Å². The molecule has 5 nitrogen and oxygen atoms in total. The second-order valence-electron chi connectivity index (χ2n) is 8.58. The zero-order valence-electron chi connectivity index (χ0n) is 18.7. The Hall–Kier alpha value is -1.98. The average Bonchev–Trinajstić information content (AvgIpc) is 3.04. The van der Waals surface area contributed by atoms with Gasteiger partial charge in [-0.05, 0) is 62.3 Å². The summed E-state index contributed by atoms with van der Waals surface area (Å²) in [6, 6.07) is 9.98. The lowest BCUT2D eigenvalue weighted by Gasteiger charge is -2.22. The second kappa shape index (κ2) is 14.2. The standard InChI is InChI=1S/C26H38O5/c1-2-18-31-26(30)13-9-4-3-8-12-22-23(25(29)19-24(22)28)17-16-21(27)15-14-20-10-6-5-7-11-20/h3,5-8,10-11,22-25,28-29H,2,4,9,12-19H2,1H3/b8-3-/t22-,23-,24+,25-/m1/s1. The number of rotatable bonds is 14. The number of carbonyl (C=O) groups excluding carboxylic acids is 2. The number of carbonyl (C=O) groups is 2. The average molecular weight is 431 g/mol.